The highest BCUT2D eigenvalue weighted by Gasteiger charge is 2.21. The third-order valence-electron chi connectivity index (χ3n) is 4.71. The van der Waals surface area contributed by atoms with E-state index in [1.807, 2.05) is 18.2 Å². The molecule has 7 nitrogen and oxygen atoms in total. The van der Waals surface area contributed by atoms with Crippen molar-refractivity contribution in [2.75, 3.05) is 50.6 Å². The van der Waals surface area contributed by atoms with E-state index in [4.69, 9.17) is 21.7 Å². The summed E-state index contributed by atoms with van der Waals surface area (Å²) in [5.41, 5.74) is 2.68. The summed E-state index contributed by atoms with van der Waals surface area (Å²) in [5, 5.41) is 3.75. The second-order valence-electron chi connectivity index (χ2n) is 6.41. The molecule has 1 fully saturated rings. The van der Waals surface area contributed by atoms with Crippen molar-refractivity contribution in [1.82, 2.24) is 9.88 Å². The molecule has 3 rings (SSSR count). The number of anilines is 2. The molecule has 0 aliphatic carbocycles. The van der Waals surface area contributed by atoms with Crippen LogP contribution in [0.1, 0.15) is 16.1 Å². The fraction of sp³-hybridized carbons (Fsp3) is 0.350. The molecule has 0 bridgehead atoms. The van der Waals surface area contributed by atoms with Crippen LogP contribution in [-0.2, 0) is 4.74 Å². The first-order chi connectivity index (χ1) is 13.5. The molecule has 0 spiro atoms. The van der Waals surface area contributed by atoms with Gasteiger partial charge >= 0.3 is 5.97 Å². The second-order valence-corrected chi connectivity index (χ2v) is 6.80. The van der Waals surface area contributed by atoms with Crippen LogP contribution in [0.15, 0.2) is 36.4 Å². The predicted octanol–water partition coefficient (Wildman–Crippen LogP) is 2.70. The summed E-state index contributed by atoms with van der Waals surface area (Å²) >= 11 is 5.59. The molecular weight excluding hydrogens is 376 g/mol. The zero-order valence-electron chi connectivity index (χ0n) is 16.3. The number of nitrogens with zero attached hydrogens (tertiary/aromatic N) is 3. The summed E-state index contributed by atoms with van der Waals surface area (Å²) in [6, 6.07) is 12.0. The lowest BCUT2D eigenvalue weighted by Crippen LogP contribution is -2.50. The van der Waals surface area contributed by atoms with Crippen LogP contribution in [0.3, 0.4) is 0 Å². The molecule has 0 atom stereocenters. The van der Waals surface area contributed by atoms with Gasteiger partial charge in [0.25, 0.3) is 0 Å². The normalized spacial score (nSPS) is 13.8. The second kappa shape index (κ2) is 8.88. The number of carbonyl (C=O) groups is 1. The fourth-order valence-corrected chi connectivity index (χ4v) is 3.44. The molecule has 8 heteroatoms. The van der Waals surface area contributed by atoms with Crippen molar-refractivity contribution in [2.24, 2.45) is 0 Å². The van der Waals surface area contributed by atoms with Crippen LogP contribution < -0.4 is 15.0 Å². The first-order valence-electron chi connectivity index (χ1n) is 9.03. The van der Waals surface area contributed by atoms with Crippen LogP contribution in [0.4, 0.5) is 11.4 Å². The lowest BCUT2D eigenvalue weighted by molar-refractivity contribution is 0.0599. The maximum Gasteiger partial charge on any atom is 0.339 e. The molecule has 1 saturated heterocycles. The molecule has 2 heterocycles. The number of ether oxygens (including phenoxy) is 2. The van der Waals surface area contributed by atoms with Crippen LogP contribution in [0.5, 0.6) is 5.88 Å². The molecular formula is C20H24N4O3S. The number of para-hydroxylation sites is 1. The van der Waals surface area contributed by atoms with Gasteiger partial charge in [0, 0.05) is 31.9 Å². The van der Waals surface area contributed by atoms with Crippen molar-refractivity contribution in [3.8, 4) is 5.88 Å². The number of rotatable bonds is 4. The number of methoxy groups -OCH3 is 2. The van der Waals surface area contributed by atoms with E-state index in [0.717, 1.165) is 26.2 Å². The molecule has 148 valence electrons. The number of esters is 1. The van der Waals surface area contributed by atoms with E-state index in [-0.39, 0.29) is 0 Å². The lowest BCUT2D eigenvalue weighted by atomic mass is 10.2. The average Bonchev–Trinajstić information content (AvgIpc) is 2.74. The summed E-state index contributed by atoms with van der Waals surface area (Å²) in [7, 11) is 2.88. The molecule has 2 aromatic rings. The van der Waals surface area contributed by atoms with Crippen LogP contribution in [0.2, 0.25) is 0 Å². The minimum Gasteiger partial charge on any atom is -0.480 e. The number of hydrogen-bond acceptors (Lipinski definition) is 6. The molecule has 1 aliphatic heterocycles. The van der Waals surface area contributed by atoms with E-state index in [0.29, 0.717) is 27.9 Å². The Labute approximate surface area is 170 Å². The highest BCUT2D eigenvalue weighted by Crippen LogP contribution is 2.26. The van der Waals surface area contributed by atoms with Gasteiger partial charge < -0.3 is 24.6 Å². The molecule has 0 saturated carbocycles. The number of hydrogen-bond donors (Lipinski definition) is 1. The van der Waals surface area contributed by atoms with Gasteiger partial charge in [-0.15, -0.1) is 0 Å². The molecule has 28 heavy (non-hydrogen) atoms. The first-order valence-corrected chi connectivity index (χ1v) is 9.44. The van der Waals surface area contributed by atoms with Gasteiger partial charge in [-0.25, -0.2) is 9.78 Å². The molecule has 1 N–H and O–H groups in total. The van der Waals surface area contributed by atoms with E-state index in [1.54, 1.807) is 13.0 Å². The molecule has 1 aromatic carbocycles. The van der Waals surface area contributed by atoms with Gasteiger partial charge in [0.2, 0.25) is 5.88 Å². The Hall–Kier alpha value is -2.87. The number of nitrogens with one attached hydrogen (secondary N) is 1. The average molecular weight is 401 g/mol. The Kier molecular flexibility index (Phi) is 6.30. The highest BCUT2D eigenvalue weighted by molar-refractivity contribution is 7.80. The van der Waals surface area contributed by atoms with Crippen molar-refractivity contribution in [2.45, 2.75) is 6.92 Å². The zero-order valence-corrected chi connectivity index (χ0v) is 17.1. The van der Waals surface area contributed by atoms with Crippen LogP contribution in [0, 0.1) is 6.92 Å². The third kappa shape index (κ3) is 4.33. The minimum atomic E-state index is -0.446. The maximum atomic E-state index is 12.0. The number of aryl methyl sites for hydroxylation is 1. The van der Waals surface area contributed by atoms with Crippen molar-refractivity contribution in [1.29, 1.82) is 0 Å². The molecule has 0 radical (unpaired) electrons. The standard InChI is InChI=1S/C20H24N4O3S/c1-14-16(19(25)27-3)13-17(18(21-14)26-2)22-20(28)24-11-9-23(10-12-24)15-7-5-4-6-8-15/h4-8,13H,9-12H2,1-3H3,(H,22,28). The largest absolute Gasteiger partial charge is 0.480 e. The number of piperazine rings is 1. The van der Waals surface area contributed by atoms with Crippen molar-refractivity contribution in [3.63, 3.8) is 0 Å². The summed E-state index contributed by atoms with van der Waals surface area (Å²) < 4.78 is 10.2. The van der Waals surface area contributed by atoms with E-state index < -0.39 is 5.97 Å². The smallest absolute Gasteiger partial charge is 0.339 e. The van der Waals surface area contributed by atoms with E-state index in [1.165, 1.54) is 19.9 Å². The fourth-order valence-electron chi connectivity index (χ4n) is 3.15. The summed E-state index contributed by atoms with van der Waals surface area (Å²) in [4.78, 5) is 20.7. The van der Waals surface area contributed by atoms with Gasteiger partial charge in [-0.05, 0) is 37.3 Å². The first kappa shape index (κ1) is 19.9. The molecule has 1 aliphatic rings. The molecule has 1 aromatic heterocycles. The highest BCUT2D eigenvalue weighted by atomic mass is 32.1. The van der Waals surface area contributed by atoms with Crippen LogP contribution in [-0.4, -0.2) is 61.4 Å². The lowest BCUT2D eigenvalue weighted by Gasteiger charge is -2.37. The number of benzene rings is 1. The Bertz CT molecular complexity index is 852. The van der Waals surface area contributed by atoms with Crippen LogP contribution >= 0.6 is 12.2 Å². The van der Waals surface area contributed by atoms with Crippen LogP contribution in [0.25, 0.3) is 0 Å². The predicted molar refractivity (Wildman–Crippen MR) is 113 cm³/mol. The van der Waals surface area contributed by atoms with E-state index in [9.17, 15) is 4.79 Å². The molecule has 0 amide bonds. The minimum absolute atomic E-state index is 0.377. The monoisotopic (exact) mass is 400 g/mol. The SMILES string of the molecule is COC(=O)c1cc(NC(=S)N2CCN(c3ccccc3)CC2)c(OC)nc1C. The van der Waals surface area contributed by atoms with Crippen molar-refractivity contribution in [3.05, 3.63) is 47.7 Å². The van der Waals surface area contributed by atoms with E-state index >= 15 is 0 Å². The van der Waals surface area contributed by atoms with Crippen molar-refractivity contribution >= 4 is 34.7 Å². The van der Waals surface area contributed by atoms with Gasteiger partial charge in [-0.1, -0.05) is 18.2 Å². The van der Waals surface area contributed by atoms with Crippen molar-refractivity contribution < 1.29 is 14.3 Å². The summed E-state index contributed by atoms with van der Waals surface area (Å²) in [6.07, 6.45) is 0. The number of pyridine rings is 1. The Morgan fingerprint density at radius 1 is 1.14 bits per heavy atom. The Morgan fingerprint density at radius 3 is 2.43 bits per heavy atom. The van der Waals surface area contributed by atoms with Gasteiger partial charge in [0.05, 0.1) is 25.5 Å². The summed E-state index contributed by atoms with van der Waals surface area (Å²) in [6.45, 7) is 5.09. The van der Waals surface area contributed by atoms with Gasteiger partial charge in [0.15, 0.2) is 5.11 Å². The number of carbonyl (C=O) groups excluding carboxylic acids is 1. The zero-order chi connectivity index (χ0) is 20.1. The van der Waals surface area contributed by atoms with E-state index in [2.05, 4.69) is 32.2 Å². The quantitative estimate of drug-likeness (QED) is 0.621. The Morgan fingerprint density at radius 2 is 1.82 bits per heavy atom. The summed E-state index contributed by atoms with van der Waals surface area (Å²) in [5.74, 6) is -0.0616. The maximum absolute atomic E-state index is 12.0. The Balaban J connectivity index is 1.69. The number of thiocarbonyl (C=S) groups is 1. The van der Waals surface area contributed by atoms with Gasteiger partial charge in [-0.3, -0.25) is 0 Å². The molecule has 0 unspecified atom stereocenters. The topological polar surface area (TPSA) is 66.9 Å². The third-order valence-corrected chi connectivity index (χ3v) is 5.07. The number of aromatic nitrogens is 1. The van der Waals surface area contributed by atoms with Gasteiger partial charge in [-0.2, -0.15) is 0 Å². The van der Waals surface area contributed by atoms with Gasteiger partial charge in [0.1, 0.15) is 5.69 Å².